The van der Waals surface area contributed by atoms with Gasteiger partial charge in [0, 0.05) is 24.7 Å². The second kappa shape index (κ2) is 5.94. The monoisotopic (exact) mass is 276 g/mol. The average Bonchev–Trinajstić information content (AvgIpc) is 2.35. The summed E-state index contributed by atoms with van der Waals surface area (Å²) >= 11 is 0. The van der Waals surface area contributed by atoms with Gasteiger partial charge in [-0.1, -0.05) is 25.1 Å². The van der Waals surface area contributed by atoms with Gasteiger partial charge in [-0.25, -0.2) is 4.79 Å². The van der Waals surface area contributed by atoms with Gasteiger partial charge in [-0.15, -0.1) is 0 Å². The smallest absolute Gasteiger partial charge is 0.321 e. The molecular formula is C15H20N2O3. The van der Waals surface area contributed by atoms with Gasteiger partial charge in [0.1, 0.15) is 0 Å². The fraction of sp³-hybridized carbons (Fsp3) is 0.467. The fourth-order valence-electron chi connectivity index (χ4n) is 2.50. The molecule has 0 bridgehead atoms. The molecule has 1 aromatic rings. The van der Waals surface area contributed by atoms with Crippen LogP contribution in [0.1, 0.15) is 24.5 Å². The van der Waals surface area contributed by atoms with Gasteiger partial charge in [0.05, 0.1) is 6.42 Å². The molecule has 1 aliphatic heterocycles. The van der Waals surface area contributed by atoms with Crippen molar-refractivity contribution in [1.29, 1.82) is 0 Å². The van der Waals surface area contributed by atoms with E-state index in [0.29, 0.717) is 13.1 Å². The molecule has 0 radical (unpaired) electrons. The van der Waals surface area contributed by atoms with Crippen LogP contribution in [0.5, 0.6) is 0 Å². The largest absolute Gasteiger partial charge is 0.481 e. The van der Waals surface area contributed by atoms with E-state index in [4.69, 9.17) is 5.11 Å². The maximum atomic E-state index is 12.1. The van der Waals surface area contributed by atoms with Crippen LogP contribution in [0.4, 0.5) is 10.5 Å². The third kappa shape index (κ3) is 3.10. The highest BCUT2D eigenvalue weighted by Gasteiger charge is 2.32. The minimum Gasteiger partial charge on any atom is -0.481 e. The predicted octanol–water partition coefficient (Wildman–Crippen LogP) is 2.50. The molecule has 0 aliphatic carbocycles. The van der Waals surface area contributed by atoms with E-state index in [-0.39, 0.29) is 18.4 Å². The number of rotatable bonds is 4. The Morgan fingerprint density at radius 2 is 2.10 bits per heavy atom. The number of carbonyl (C=O) groups is 2. The average molecular weight is 276 g/mol. The molecular weight excluding hydrogens is 256 g/mol. The lowest BCUT2D eigenvalue weighted by Crippen LogP contribution is -2.52. The van der Waals surface area contributed by atoms with Crippen molar-refractivity contribution in [2.75, 3.05) is 18.4 Å². The lowest BCUT2D eigenvalue weighted by Gasteiger charge is -2.38. The third-order valence-electron chi connectivity index (χ3n) is 3.68. The number of para-hydroxylation sites is 1. The van der Waals surface area contributed by atoms with E-state index in [0.717, 1.165) is 23.2 Å². The zero-order valence-electron chi connectivity index (χ0n) is 11.8. The number of carbonyl (C=O) groups excluding carboxylic acids is 1. The van der Waals surface area contributed by atoms with Crippen molar-refractivity contribution in [3.63, 3.8) is 0 Å². The Hall–Kier alpha value is -2.04. The van der Waals surface area contributed by atoms with Gasteiger partial charge < -0.3 is 15.3 Å². The normalized spacial score (nSPS) is 14.8. The summed E-state index contributed by atoms with van der Waals surface area (Å²) in [6.45, 7) is 5.06. The van der Waals surface area contributed by atoms with Gasteiger partial charge in [0.25, 0.3) is 0 Å². The number of aryl methyl sites for hydroxylation is 2. The molecule has 5 heteroatoms. The van der Waals surface area contributed by atoms with Crippen molar-refractivity contribution in [1.82, 2.24) is 4.90 Å². The number of urea groups is 1. The molecule has 1 fully saturated rings. The number of anilines is 1. The van der Waals surface area contributed by atoms with E-state index in [1.165, 1.54) is 0 Å². The Bertz CT molecular complexity index is 522. The van der Waals surface area contributed by atoms with E-state index in [2.05, 4.69) is 12.2 Å². The van der Waals surface area contributed by atoms with E-state index < -0.39 is 5.97 Å². The molecule has 0 spiro atoms. The Kier molecular flexibility index (Phi) is 4.27. The number of nitrogens with zero attached hydrogens (tertiary/aromatic N) is 1. The molecule has 1 heterocycles. The van der Waals surface area contributed by atoms with E-state index in [1.54, 1.807) is 4.90 Å². The number of benzene rings is 1. The summed E-state index contributed by atoms with van der Waals surface area (Å²) in [5.74, 6) is -0.719. The van der Waals surface area contributed by atoms with Crippen LogP contribution >= 0.6 is 0 Å². The number of carboxylic acids is 1. The van der Waals surface area contributed by atoms with Gasteiger partial charge in [-0.05, 0) is 24.5 Å². The summed E-state index contributed by atoms with van der Waals surface area (Å²) < 4.78 is 0. The van der Waals surface area contributed by atoms with E-state index in [9.17, 15) is 9.59 Å². The highest BCUT2D eigenvalue weighted by Crippen LogP contribution is 2.24. The molecule has 1 aromatic carbocycles. The van der Waals surface area contributed by atoms with Crippen LogP contribution < -0.4 is 5.32 Å². The van der Waals surface area contributed by atoms with Crippen molar-refractivity contribution in [2.24, 2.45) is 5.92 Å². The number of carboxylic acid groups (broad SMARTS) is 1. The predicted molar refractivity (Wildman–Crippen MR) is 76.9 cm³/mol. The Balaban J connectivity index is 1.95. The quantitative estimate of drug-likeness (QED) is 0.887. The zero-order chi connectivity index (χ0) is 14.7. The molecule has 2 rings (SSSR count). The van der Waals surface area contributed by atoms with Crippen molar-refractivity contribution in [3.8, 4) is 0 Å². The first-order valence-electron chi connectivity index (χ1n) is 6.87. The second-order valence-corrected chi connectivity index (χ2v) is 5.26. The molecule has 5 nitrogen and oxygen atoms in total. The first kappa shape index (κ1) is 14.4. The number of hydrogen-bond acceptors (Lipinski definition) is 2. The van der Waals surface area contributed by atoms with Gasteiger partial charge in [0.15, 0.2) is 0 Å². The summed E-state index contributed by atoms with van der Waals surface area (Å²) in [7, 11) is 0. The number of aliphatic carboxylic acids is 1. The molecule has 2 N–H and O–H groups in total. The molecule has 0 unspecified atom stereocenters. The summed E-state index contributed by atoms with van der Waals surface area (Å²) in [5, 5.41) is 11.6. The van der Waals surface area contributed by atoms with Crippen LogP contribution in [-0.4, -0.2) is 35.1 Å². The molecule has 1 saturated heterocycles. The van der Waals surface area contributed by atoms with Crippen LogP contribution in [0, 0.1) is 12.8 Å². The second-order valence-electron chi connectivity index (χ2n) is 5.26. The molecule has 108 valence electrons. The number of hydrogen-bond donors (Lipinski definition) is 2. The standard InChI is InChI=1S/C15H20N2O3/c1-3-12-6-4-5-10(2)14(12)16-15(20)17-8-11(9-17)7-13(18)19/h4-6,11H,3,7-9H2,1-2H3,(H,16,20)(H,18,19). The van der Waals surface area contributed by atoms with E-state index >= 15 is 0 Å². The maximum absolute atomic E-state index is 12.1. The zero-order valence-corrected chi connectivity index (χ0v) is 11.8. The number of likely N-dealkylation sites (tertiary alicyclic amines) is 1. The SMILES string of the molecule is CCc1cccc(C)c1NC(=O)N1CC(CC(=O)O)C1. The van der Waals surface area contributed by atoms with E-state index in [1.807, 2.05) is 25.1 Å². The lowest BCUT2D eigenvalue weighted by molar-refractivity contribution is -0.139. The number of nitrogens with one attached hydrogen (secondary N) is 1. The summed E-state index contributed by atoms with van der Waals surface area (Å²) in [5.41, 5.74) is 3.03. The van der Waals surface area contributed by atoms with Crippen LogP contribution in [0.3, 0.4) is 0 Å². The van der Waals surface area contributed by atoms with Crippen molar-refractivity contribution < 1.29 is 14.7 Å². The Morgan fingerprint density at radius 1 is 1.40 bits per heavy atom. The van der Waals surface area contributed by atoms with Crippen molar-refractivity contribution in [3.05, 3.63) is 29.3 Å². The summed E-state index contributed by atoms with van der Waals surface area (Å²) in [6, 6.07) is 5.82. The van der Waals surface area contributed by atoms with Crippen molar-refractivity contribution >= 4 is 17.7 Å². The topological polar surface area (TPSA) is 69.6 Å². The highest BCUT2D eigenvalue weighted by atomic mass is 16.4. The van der Waals surface area contributed by atoms with Crippen LogP contribution in [-0.2, 0) is 11.2 Å². The maximum Gasteiger partial charge on any atom is 0.321 e. The van der Waals surface area contributed by atoms with Crippen LogP contribution in [0.25, 0.3) is 0 Å². The van der Waals surface area contributed by atoms with Crippen molar-refractivity contribution in [2.45, 2.75) is 26.7 Å². The lowest BCUT2D eigenvalue weighted by atomic mass is 9.97. The minimum absolute atomic E-state index is 0.0840. The van der Waals surface area contributed by atoms with Crippen LogP contribution in [0.15, 0.2) is 18.2 Å². The molecule has 0 atom stereocenters. The number of amides is 2. The molecule has 0 saturated carbocycles. The minimum atomic E-state index is -0.803. The summed E-state index contributed by atoms with van der Waals surface area (Å²) in [6.07, 6.45) is 0.993. The Morgan fingerprint density at radius 3 is 2.70 bits per heavy atom. The molecule has 20 heavy (non-hydrogen) atoms. The van der Waals surface area contributed by atoms with Gasteiger partial charge in [0.2, 0.25) is 0 Å². The molecule has 1 aliphatic rings. The molecule has 2 amide bonds. The Labute approximate surface area is 118 Å². The summed E-state index contributed by atoms with van der Waals surface area (Å²) in [4.78, 5) is 24.3. The van der Waals surface area contributed by atoms with Gasteiger partial charge in [-0.2, -0.15) is 0 Å². The van der Waals surface area contributed by atoms with Gasteiger partial charge in [-0.3, -0.25) is 4.79 Å². The third-order valence-corrected chi connectivity index (χ3v) is 3.68. The first-order valence-corrected chi connectivity index (χ1v) is 6.87. The molecule has 0 aromatic heterocycles. The fourth-order valence-corrected chi connectivity index (χ4v) is 2.50. The van der Waals surface area contributed by atoms with Crippen LogP contribution in [0.2, 0.25) is 0 Å². The first-order chi connectivity index (χ1) is 9.51. The van der Waals surface area contributed by atoms with Gasteiger partial charge >= 0.3 is 12.0 Å². The highest BCUT2D eigenvalue weighted by molar-refractivity contribution is 5.91.